The van der Waals surface area contributed by atoms with Gasteiger partial charge in [-0.1, -0.05) is 51.1 Å². The molecular weight excluding hydrogens is 607 g/mol. The summed E-state index contributed by atoms with van der Waals surface area (Å²) in [6.07, 6.45) is 1.45. The first-order valence-electron chi connectivity index (χ1n) is 15.7. The van der Waals surface area contributed by atoms with Crippen molar-refractivity contribution in [1.29, 1.82) is 0 Å². The fraction of sp³-hybridized carbons (Fsp3) is 0.457. The maximum absolute atomic E-state index is 16.7. The first kappa shape index (κ1) is 31.5. The van der Waals surface area contributed by atoms with E-state index in [4.69, 9.17) is 20.8 Å². The lowest BCUT2D eigenvalue weighted by Crippen LogP contribution is -2.57. The third-order valence-corrected chi connectivity index (χ3v) is 14.0. The second kappa shape index (κ2) is 11.1. The van der Waals surface area contributed by atoms with E-state index >= 15 is 4.39 Å². The molecule has 2 saturated heterocycles. The van der Waals surface area contributed by atoms with Crippen molar-refractivity contribution in [1.82, 2.24) is 14.9 Å². The van der Waals surface area contributed by atoms with Crippen LogP contribution in [0.25, 0.3) is 32.8 Å². The van der Waals surface area contributed by atoms with Gasteiger partial charge in [-0.2, -0.15) is 4.98 Å². The van der Waals surface area contributed by atoms with E-state index in [0.29, 0.717) is 29.9 Å². The lowest BCUT2D eigenvalue weighted by atomic mass is 9.96. The molecule has 0 spiro atoms. The Hall–Kier alpha value is -3.43. The van der Waals surface area contributed by atoms with Gasteiger partial charge in [0.25, 0.3) is 0 Å². The molecule has 10 heteroatoms. The van der Waals surface area contributed by atoms with E-state index in [1.54, 1.807) is 0 Å². The summed E-state index contributed by atoms with van der Waals surface area (Å²) in [7, 11) is -2.15. The highest BCUT2D eigenvalue weighted by Crippen LogP contribution is 2.42. The van der Waals surface area contributed by atoms with Gasteiger partial charge < -0.3 is 14.1 Å². The molecule has 0 unspecified atom stereocenters. The predicted molar refractivity (Wildman–Crippen MR) is 182 cm³/mol. The zero-order chi connectivity index (χ0) is 32.5. The molecule has 0 saturated carbocycles. The second-order valence-corrected chi connectivity index (χ2v) is 19.9. The summed E-state index contributed by atoms with van der Waals surface area (Å²) in [5.74, 6) is 0.855. The Labute approximate surface area is 270 Å². The van der Waals surface area contributed by atoms with E-state index in [0.717, 1.165) is 34.9 Å². The van der Waals surface area contributed by atoms with Crippen LogP contribution in [-0.2, 0) is 4.74 Å². The van der Waals surface area contributed by atoms with Gasteiger partial charge in [-0.15, -0.1) is 0 Å². The molecule has 0 N–H and O–H groups in total. The summed E-state index contributed by atoms with van der Waals surface area (Å²) in [6, 6.07) is 15.6. The Morgan fingerprint density at radius 3 is 2.24 bits per heavy atom. The summed E-state index contributed by atoms with van der Waals surface area (Å²) in [5.41, 5.74) is 0.765. The van der Waals surface area contributed by atoms with Gasteiger partial charge in [0.05, 0.1) is 12.1 Å². The van der Waals surface area contributed by atoms with Crippen LogP contribution in [0.15, 0.2) is 48.5 Å². The quantitative estimate of drug-likeness (QED) is 0.162. The van der Waals surface area contributed by atoms with E-state index in [2.05, 4.69) is 48.7 Å². The van der Waals surface area contributed by atoms with Crippen molar-refractivity contribution < 1.29 is 18.3 Å². The van der Waals surface area contributed by atoms with Crippen molar-refractivity contribution in [3.05, 3.63) is 59.6 Å². The Kier molecular flexibility index (Phi) is 7.80. The van der Waals surface area contributed by atoms with Crippen LogP contribution in [0.3, 0.4) is 0 Å². The molecule has 2 aliphatic heterocycles. The Morgan fingerprint density at radius 1 is 0.933 bits per heavy atom. The fourth-order valence-corrected chi connectivity index (χ4v) is 7.45. The highest BCUT2D eigenvalue weighted by molar-refractivity contribution is 6.74. The zero-order valence-corrected chi connectivity index (χ0v) is 29.1. The SMILES string of the molecule is CC(C)(C)OC(=O)N1[C@@H]2CC[C@H]1CN(c1nc(Cl)nc3c(F)c(-c4cc(O[Si](C)(C)C(C)(C)C)cc5ccccc45)ccc13)C2. The minimum absolute atomic E-state index is 0.00887. The number of benzene rings is 3. The molecule has 0 radical (unpaired) electrons. The van der Waals surface area contributed by atoms with Gasteiger partial charge in [-0.25, -0.2) is 14.2 Å². The Balaban J connectivity index is 1.40. The standard InChI is InChI=1S/C35H42ClFN4O3Si/c1-34(2,3)43-33(42)41-22-13-14-23(41)20-40(19-22)31-27-16-15-26(29(37)30(27)38-32(36)39-31)28-18-24(44-45(7,8)35(4,5)6)17-21-11-9-10-12-25(21)28/h9-12,15-18,22-23H,13-14,19-20H2,1-8H3/t22-,23+. The van der Waals surface area contributed by atoms with Gasteiger partial charge in [0, 0.05) is 24.0 Å². The van der Waals surface area contributed by atoms with Crippen LogP contribution in [0.5, 0.6) is 5.75 Å². The van der Waals surface area contributed by atoms with E-state index < -0.39 is 19.7 Å². The second-order valence-electron chi connectivity index (χ2n) is 14.9. The molecule has 2 bridgehead atoms. The fourth-order valence-electron chi connectivity index (χ4n) is 6.27. The molecule has 7 nitrogen and oxygen atoms in total. The zero-order valence-electron chi connectivity index (χ0n) is 27.4. The lowest BCUT2D eigenvalue weighted by Gasteiger charge is -2.42. The molecule has 45 heavy (non-hydrogen) atoms. The van der Waals surface area contributed by atoms with Gasteiger partial charge in [0.1, 0.15) is 22.7 Å². The van der Waals surface area contributed by atoms with Crippen molar-refractivity contribution >= 4 is 53.5 Å². The van der Waals surface area contributed by atoms with Crippen LogP contribution in [0.1, 0.15) is 54.4 Å². The number of halogens is 2. The smallest absolute Gasteiger partial charge is 0.410 e. The maximum atomic E-state index is 16.7. The summed E-state index contributed by atoms with van der Waals surface area (Å²) in [5, 5.41) is 2.48. The van der Waals surface area contributed by atoms with Crippen LogP contribution in [0, 0.1) is 5.82 Å². The molecule has 238 valence electrons. The molecule has 0 aliphatic carbocycles. The normalized spacial score (nSPS) is 19.0. The van der Waals surface area contributed by atoms with E-state index in [-0.39, 0.29) is 34.0 Å². The van der Waals surface area contributed by atoms with E-state index in [1.165, 1.54) is 0 Å². The third-order valence-electron chi connectivity index (χ3n) is 9.45. The summed E-state index contributed by atoms with van der Waals surface area (Å²) in [6.45, 7) is 17.8. The molecule has 6 rings (SSSR count). The summed E-state index contributed by atoms with van der Waals surface area (Å²) < 4.78 is 29.1. The average Bonchev–Trinajstić information content (AvgIpc) is 3.20. The topological polar surface area (TPSA) is 67.8 Å². The number of rotatable bonds is 4. The number of hydrogen-bond acceptors (Lipinski definition) is 6. The predicted octanol–water partition coefficient (Wildman–Crippen LogP) is 9.21. The minimum Gasteiger partial charge on any atom is -0.543 e. The van der Waals surface area contributed by atoms with E-state index in [1.807, 2.05) is 74.2 Å². The third kappa shape index (κ3) is 5.97. The number of carbonyl (C=O) groups is 1. The molecule has 2 fully saturated rings. The number of carbonyl (C=O) groups excluding carboxylic acids is 1. The molecular formula is C35H42ClFN4O3Si. The number of nitrogens with zero attached hydrogens (tertiary/aromatic N) is 4. The number of fused-ring (bicyclic) bond motifs is 4. The van der Waals surface area contributed by atoms with Gasteiger partial charge in [0.2, 0.25) is 13.6 Å². The summed E-state index contributed by atoms with van der Waals surface area (Å²) in [4.78, 5) is 26.0. The van der Waals surface area contributed by atoms with Crippen LogP contribution >= 0.6 is 11.6 Å². The Bertz CT molecular complexity index is 1790. The van der Waals surface area contributed by atoms with Crippen molar-refractivity contribution in [3.63, 3.8) is 0 Å². The number of piperazine rings is 1. The van der Waals surface area contributed by atoms with Crippen LogP contribution < -0.4 is 9.33 Å². The largest absolute Gasteiger partial charge is 0.543 e. The van der Waals surface area contributed by atoms with E-state index in [9.17, 15) is 4.79 Å². The van der Waals surface area contributed by atoms with Crippen molar-refractivity contribution in [3.8, 4) is 16.9 Å². The molecule has 3 aromatic carbocycles. The highest BCUT2D eigenvalue weighted by Gasteiger charge is 2.45. The molecule has 1 amide bonds. The molecule has 2 aliphatic rings. The average molecular weight is 649 g/mol. The molecule has 1 aromatic heterocycles. The van der Waals surface area contributed by atoms with Gasteiger partial charge in [-0.05, 0) is 97.9 Å². The van der Waals surface area contributed by atoms with Crippen LogP contribution in [0.4, 0.5) is 15.0 Å². The molecule has 2 atom stereocenters. The molecule has 4 aromatic rings. The van der Waals surface area contributed by atoms with Crippen molar-refractivity contribution in [2.75, 3.05) is 18.0 Å². The van der Waals surface area contributed by atoms with Crippen molar-refractivity contribution in [2.45, 2.75) is 90.2 Å². The van der Waals surface area contributed by atoms with Gasteiger partial charge in [-0.3, -0.25) is 4.90 Å². The maximum Gasteiger partial charge on any atom is 0.410 e. The van der Waals surface area contributed by atoms with Gasteiger partial charge >= 0.3 is 6.09 Å². The number of anilines is 1. The van der Waals surface area contributed by atoms with Crippen molar-refractivity contribution in [2.24, 2.45) is 0 Å². The number of aromatic nitrogens is 2. The first-order chi connectivity index (χ1) is 21.0. The minimum atomic E-state index is -2.15. The van der Waals surface area contributed by atoms with Gasteiger partial charge in [0.15, 0.2) is 5.82 Å². The number of amides is 1. The summed E-state index contributed by atoms with van der Waals surface area (Å²) >= 11 is 6.47. The first-order valence-corrected chi connectivity index (χ1v) is 19.0. The molecule has 3 heterocycles. The highest BCUT2D eigenvalue weighted by atomic mass is 35.5. The monoisotopic (exact) mass is 648 g/mol. The van der Waals surface area contributed by atoms with Crippen LogP contribution in [0.2, 0.25) is 23.4 Å². The van der Waals surface area contributed by atoms with Crippen LogP contribution in [-0.4, -0.2) is 60.1 Å². The lowest BCUT2D eigenvalue weighted by molar-refractivity contribution is 0.0123. The number of hydrogen-bond donors (Lipinski definition) is 0. The Morgan fingerprint density at radius 2 is 1.60 bits per heavy atom. The number of ether oxygens (including phenoxy) is 1.